The minimum Gasteiger partial charge on any atom is -0.455 e. The number of carbonyl (C=O) groups excluding carboxylic acids is 2. The van der Waals surface area contributed by atoms with Crippen molar-refractivity contribution in [2.75, 3.05) is 6.61 Å². The van der Waals surface area contributed by atoms with Gasteiger partial charge in [-0.05, 0) is 43.5 Å². The van der Waals surface area contributed by atoms with E-state index in [0.29, 0.717) is 17.6 Å². The molecule has 10 heteroatoms. The Morgan fingerprint density at radius 3 is 2.36 bits per heavy atom. The SMILES string of the molecule is C=C(C)[C@]12OC3(CCCCCCCCC)OC1C1[C@@H]4O[C@]4(CO)[C@@H](O)[C@]4(O)C(=O)C(C)=CC4[C@@]1(O3)[C@H](C)[C@H]2OC(=O)c1ccccc1. The van der Waals surface area contributed by atoms with E-state index in [2.05, 4.69) is 13.5 Å². The maximum atomic E-state index is 13.9. The van der Waals surface area contributed by atoms with E-state index < -0.39 is 88.9 Å². The van der Waals surface area contributed by atoms with Gasteiger partial charge in [0.2, 0.25) is 0 Å². The largest absolute Gasteiger partial charge is 0.455 e. The van der Waals surface area contributed by atoms with Crippen LogP contribution in [0.25, 0.3) is 0 Å². The number of fused-ring (bicyclic) bond motifs is 3. The van der Waals surface area contributed by atoms with Gasteiger partial charge in [-0.25, -0.2) is 4.79 Å². The average Bonchev–Trinajstić information content (AvgIpc) is 3.69. The lowest BCUT2D eigenvalue weighted by Crippen LogP contribution is -2.76. The Bertz CT molecular complexity index is 1480. The average molecular weight is 653 g/mol. The molecule has 5 fully saturated rings. The van der Waals surface area contributed by atoms with Crippen LogP contribution in [0.4, 0.5) is 0 Å². The summed E-state index contributed by atoms with van der Waals surface area (Å²) in [5.41, 5.74) is -5.69. The van der Waals surface area contributed by atoms with Gasteiger partial charge in [-0.2, -0.15) is 0 Å². The van der Waals surface area contributed by atoms with Crippen molar-refractivity contribution in [3.63, 3.8) is 0 Å². The molecule has 2 saturated carbocycles. The van der Waals surface area contributed by atoms with Crippen LogP contribution in [-0.2, 0) is 28.5 Å². The zero-order valence-corrected chi connectivity index (χ0v) is 27.8. The molecule has 3 N–H and O–H groups in total. The number of hydrogen-bond acceptors (Lipinski definition) is 10. The third kappa shape index (κ3) is 4.28. The predicted octanol–water partition coefficient (Wildman–Crippen LogP) is 4.15. The molecule has 6 aliphatic rings. The van der Waals surface area contributed by atoms with Crippen molar-refractivity contribution >= 4 is 11.8 Å². The van der Waals surface area contributed by atoms with Crippen LogP contribution in [0, 0.1) is 17.8 Å². The molecule has 12 atom stereocenters. The molecule has 1 aromatic rings. The van der Waals surface area contributed by atoms with Gasteiger partial charge in [-0.1, -0.05) is 83.2 Å². The van der Waals surface area contributed by atoms with Crippen LogP contribution in [0.2, 0.25) is 0 Å². The highest BCUT2D eigenvalue weighted by atomic mass is 16.9. The Morgan fingerprint density at radius 2 is 1.70 bits per heavy atom. The second-order valence-electron chi connectivity index (χ2n) is 14.8. The first kappa shape index (κ1) is 33.1. The molecule has 0 radical (unpaired) electrons. The van der Waals surface area contributed by atoms with Crippen LogP contribution in [0.3, 0.4) is 0 Å². The van der Waals surface area contributed by atoms with Gasteiger partial charge >= 0.3 is 5.97 Å². The van der Waals surface area contributed by atoms with E-state index in [0.717, 1.165) is 25.7 Å². The van der Waals surface area contributed by atoms with E-state index in [1.807, 2.05) is 19.9 Å². The topological polar surface area (TPSA) is 144 Å². The summed E-state index contributed by atoms with van der Waals surface area (Å²) >= 11 is 0. The lowest BCUT2D eigenvalue weighted by Gasteiger charge is -2.61. The molecule has 3 bridgehead atoms. The van der Waals surface area contributed by atoms with Crippen molar-refractivity contribution in [2.24, 2.45) is 17.8 Å². The number of rotatable bonds is 12. The van der Waals surface area contributed by atoms with Gasteiger partial charge in [0.25, 0.3) is 5.97 Å². The summed E-state index contributed by atoms with van der Waals surface area (Å²) in [5.74, 6) is -5.37. The highest BCUT2D eigenvalue weighted by Gasteiger charge is 2.90. The summed E-state index contributed by atoms with van der Waals surface area (Å²) in [6, 6.07) is 8.65. The number of aliphatic hydroxyl groups excluding tert-OH is 2. The maximum absolute atomic E-state index is 13.9. The minimum absolute atomic E-state index is 0.267. The van der Waals surface area contributed by atoms with Crippen molar-refractivity contribution in [3.8, 4) is 0 Å². The number of esters is 1. The fourth-order valence-corrected chi connectivity index (χ4v) is 9.80. The van der Waals surface area contributed by atoms with Crippen LogP contribution in [0.5, 0.6) is 0 Å². The Labute approximate surface area is 276 Å². The third-order valence-corrected chi connectivity index (χ3v) is 12.1. The van der Waals surface area contributed by atoms with Crippen molar-refractivity contribution in [1.82, 2.24) is 0 Å². The van der Waals surface area contributed by atoms with Gasteiger partial charge in [0.05, 0.1) is 17.8 Å². The first-order valence-electron chi connectivity index (χ1n) is 17.3. The molecule has 47 heavy (non-hydrogen) atoms. The van der Waals surface area contributed by atoms with Crippen LogP contribution in [0.15, 0.2) is 54.1 Å². The van der Waals surface area contributed by atoms with E-state index in [1.165, 1.54) is 19.3 Å². The summed E-state index contributed by atoms with van der Waals surface area (Å²) in [6.45, 7) is 11.2. The quantitative estimate of drug-likeness (QED) is 0.130. The standard InChI is InChI=1S/C37H48O10/c1-6-7-8-9-10-11-15-18-34-45-30-26-29-33(20-38,44-29)32(41)35(42)25(19-22(4)27(35)39)37(26,47-34)23(5)28(36(30,46-34)21(2)3)43-31(40)24-16-13-12-14-17-24/h12-14,16-17,19,23,25-26,28-30,32,38,41-42H,2,6-11,15,18,20H2,1,3-5H3/t23-,25?,26?,28-,29+,30?,32-,33+,34?,35-,36-,37+/m1/s1. The van der Waals surface area contributed by atoms with Gasteiger partial charge in [-0.15, -0.1) is 0 Å². The van der Waals surface area contributed by atoms with Gasteiger partial charge < -0.3 is 39.0 Å². The van der Waals surface area contributed by atoms with Crippen LogP contribution < -0.4 is 0 Å². The first-order valence-corrected chi connectivity index (χ1v) is 17.3. The van der Waals surface area contributed by atoms with Gasteiger partial charge in [0.15, 0.2) is 17.0 Å². The van der Waals surface area contributed by atoms with Gasteiger partial charge in [0.1, 0.15) is 30.0 Å². The smallest absolute Gasteiger partial charge is 0.338 e. The van der Waals surface area contributed by atoms with Crippen LogP contribution in [-0.4, -0.2) is 86.5 Å². The van der Waals surface area contributed by atoms with Crippen LogP contribution >= 0.6 is 0 Å². The Morgan fingerprint density at radius 1 is 1.02 bits per heavy atom. The number of ether oxygens (including phenoxy) is 5. The summed E-state index contributed by atoms with van der Waals surface area (Å²) in [7, 11) is 0. The molecule has 7 rings (SSSR count). The lowest BCUT2D eigenvalue weighted by atomic mass is 9.53. The number of hydrogen-bond donors (Lipinski definition) is 3. The van der Waals surface area contributed by atoms with Crippen molar-refractivity contribution in [1.29, 1.82) is 0 Å². The van der Waals surface area contributed by atoms with Gasteiger partial charge in [-0.3, -0.25) is 4.79 Å². The molecule has 10 nitrogen and oxygen atoms in total. The Kier molecular flexibility index (Phi) is 7.95. The van der Waals surface area contributed by atoms with Crippen molar-refractivity contribution < 1.29 is 48.6 Å². The van der Waals surface area contributed by atoms with Crippen molar-refractivity contribution in [3.05, 3.63) is 59.7 Å². The monoisotopic (exact) mass is 652 g/mol. The molecular weight excluding hydrogens is 604 g/mol. The van der Waals surface area contributed by atoms with Gasteiger partial charge in [0, 0.05) is 24.2 Å². The number of Topliss-reactive ketones (excluding diaryl/α,β-unsaturated/α-hetero) is 1. The number of benzene rings is 1. The Balaban J connectivity index is 1.36. The number of ketones is 1. The highest BCUT2D eigenvalue weighted by molar-refractivity contribution is 6.05. The second-order valence-corrected chi connectivity index (χ2v) is 14.8. The summed E-state index contributed by atoms with van der Waals surface area (Å²) in [5, 5.41) is 35.0. The molecule has 0 aromatic heterocycles. The van der Waals surface area contributed by atoms with E-state index in [-0.39, 0.29) is 5.57 Å². The zero-order valence-electron chi connectivity index (χ0n) is 27.8. The fraction of sp³-hybridized carbons (Fsp3) is 0.676. The third-order valence-electron chi connectivity index (χ3n) is 12.1. The molecule has 3 aliphatic carbocycles. The fourth-order valence-electron chi connectivity index (χ4n) is 9.80. The molecule has 0 amide bonds. The number of carbonyl (C=O) groups is 2. The zero-order chi connectivity index (χ0) is 33.6. The molecule has 4 unspecified atom stereocenters. The maximum Gasteiger partial charge on any atom is 0.338 e. The Hall–Kier alpha value is -2.44. The summed E-state index contributed by atoms with van der Waals surface area (Å²) < 4.78 is 33.6. The summed E-state index contributed by atoms with van der Waals surface area (Å²) in [6.07, 6.45) is 4.91. The van der Waals surface area contributed by atoms with Crippen molar-refractivity contribution in [2.45, 2.75) is 132 Å². The number of epoxide rings is 1. The number of unbranched alkanes of at least 4 members (excludes halogenated alkanes) is 6. The van der Waals surface area contributed by atoms with E-state index >= 15 is 0 Å². The molecule has 3 heterocycles. The molecule has 1 aromatic carbocycles. The lowest BCUT2D eigenvalue weighted by molar-refractivity contribution is -0.431. The van der Waals surface area contributed by atoms with E-state index in [4.69, 9.17) is 23.7 Å². The molecule has 3 aliphatic heterocycles. The number of aliphatic hydroxyl groups is 3. The molecule has 256 valence electrons. The minimum atomic E-state index is -2.38. The predicted molar refractivity (Wildman–Crippen MR) is 169 cm³/mol. The molecule has 3 saturated heterocycles. The molecule has 0 spiro atoms. The second kappa shape index (κ2) is 11.3. The van der Waals surface area contributed by atoms with E-state index in [1.54, 1.807) is 37.3 Å². The van der Waals surface area contributed by atoms with Crippen LogP contribution in [0.1, 0.15) is 89.4 Å². The highest BCUT2D eigenvalue weighted by Crippen LogP contribution is 2.73. The first-order chi connectivity index (χ1) is 22.4. The van der Waals surface area contributed by atoms with E-state index in [9.17, 15) is 24.9 Å². The molecular formula is C37H48O10. The normalized spacial score (nSPS) is 45.5. The summed E-state index contributed by atoms with van der Waals surface area (Å²) in [4.78, 5) is 27.6.